The zero-order valence-corrected chi connectivity index (χ0v) is 9.22. The molecule has 0 saturated carbocycles. The van der Waals surface area contributed by atoms with Gasteiger partial charge in [-0.2, -0.15) is 5.26 Å². The number of halogens is 1. The van der Waals surface area contributed by atoms with Crippen molar-refractivity contribution >= 4 is 11.6 Å². The van der Waals surface area contributed by atoms with Gasteiger partial charge < -0.3 is 4.74 Å². The van der Waals surface area contributed by atoms with Gasteiger partial charge in [0.2, 0.25) is 0 Å². The Hall–Kier alpha value is -1.20. The van der Waals surface area contributed by atoms with E-state index in [1.54, 1.807) is 19.2 Å². The lowest BCUT2D eigenvalue weighted by Crippen LogP contribution is -1.99. The highest BCUT2D eigenvalue weighted by Gasteiger charge is 2.15. The molecule has 0 fully saturated rings. The topological polar surface area (TPSA) is 33.0 Å². The van der Waals surface area contributed by atoms with Crippen molar-refractivity contribution in [2.75, 3.05) is 7.11 Å². The summed E-state index contributed by atoms with van der Waals surface area (Å²) in [6.45, 7) is 3.73. The van der Waals surface area contributed by atoms with Crippen molar-refractivity contribution in [3.05, 3.63) is 28.3 Å². The summed E-state index contributed by atoms with van der Waals surface area (Å²) in [6, 6.07) is 5.76. The molecule has 1 rings (SSSR count). The van der Waals surface area contributed by atoms with Crippen molar-refractivity contribution in [2.45, 2.75) is 19.8 Å². The number of rotatable bonds is 2. The molecule has 14 heavy (non-hydrogen) atoms. The molecule has 1 unspecified atom stereocenters. The van der Waals surface area contributed by atoms with Gasteiger partial charge in [0, 0.05) is 10.6 Å². The molecule has 0 heterocycles. The molecule has 0 aliphatic heterocycles. The third-order valence-corrected chi connectivity index (χ3v) is 2.66. The van der Waals surface area contributed by atoms with Gasteiger partial charge in [-0.25, -0.2) is 0 Å². The first-order valence-corrected chi connectivity index (χ1v) is 4.72. The zero-order chi connectivity index (χ0) is 10.7. The van der Waals surface area contributed by atoms with Crippen molar-refractivity contribution in [1.82, 2.24) is 0 Å². The van der Waals surface area contributed by atoms with Gasteiger partial charge in [-0.3, -0.25) is 0 Å². The van der Waals surface area contributed by atoms with Gasteiger partial charge in [-0.1, -0.05) is 11.6 Å². The Kier molecular flexibility index (Phi) is 3.38. The number of hydrogen-bond donors (Lipinski definition) is 0. The van der Waals surface area contributed by atoms with Gasteiger partial charge >= 0.3 is 0 Å². The summed E-state index contributed by atoms with van der Waals surface area (Å²) >= 11 is 5.98. The van der Waals surface area contributed by atoms with E-state index in [4.69, 9.17) is 21.6 Å². The van der Waals surface area contributed by atoms with Crippen LogP contribution >= 0.6 is 11.6 Å². The number of nitriles is 1. The second-order valence-corrected chi connectivity index (χ2v) is 3.55. The molecule has 0 saturated heterocycles. The second-order valence-electron chi connectivity index (χ2n) is 3.14. The van der Waals surface area contributed by atoms with Crippen molar-refractivity contribution in [2.24, 2.45) is 0 Å². The first-order valence-electron chi connectivity index (χ1n) is 4.34. The monoisotopic (exact) mass is 209 g/mol. The normalized spacial score (nSPS) is 11.9. The maximum absolute atomic E-state index is 8.87. The van der Waals surface area contributed by atoms with Gasteiger partial charge in [0.05, 0.1) is 19.1 Å². The summed E-state index contributed by atoms with van der Waals surface area (Å²) in [4.78, 5) is 0. The molecular formula is C11H12ClNO. The number of nitrogens with zero attached hydrogens (tertiary/aromatic N) is 1. The fourth-order valence-electron chi connectivity index (χ4n) is 1.46. The maximum atomic E-state index is 8.87. The first kappa shape index (κ1) is 10.9. The standard InChI is InChI=1S/C11H12ClNO/c1-7(6-13)11-8(2)9(12)4-5-10(11)14-3/h4-5,7H,1-3H3. The minimum absolute atomic E-state index is 0.205. The van der Waals surface area contributed by atoms with Gasteiger partial charge in [-0.05, 0) is 31.5 Å². The molecule has 2 nitrogen and oxygen atoms in total. The third-order valence-electron chi connectivity index (χ3n) is 2.26. The van der Waals surface area contributed by atoms with Crippen LogP contribution in [0.5, 0.6) is 5.75 Å². The molecule has 3 heteroatoms. The van der Waals surface area contributed by atoms with Crippen molar-refractivity contribution in [3.8, 4) is 11.8 Å². The molecule has 0 spiro atoms. The van der Waals surface area contributed by atoms with E-state index < -0.39 is 0 Å². The van der Waals surface area contributed by atoms with Crippen LogP contribution in [0.25, 0.3) is 0 Å². The van der Waals surface area contributed by atoms with E-state index in [1.807, 2.05) is 13.8 Å². The number of hydrogen-bond acceptors (Lipinski definition) is 2. The van der Waals surface area contributed by atoms with Gasteiger partial charge in [0.15, 0.2) is 0 Å². The van der Waals surface area contributed by atoms with E-state index in [1.165, 1.54) is 0 Å². The highest BCUT2D eigenvalue weighted by atomic mass is 35.5. The average molecular weight is 210 g/mol. The highest BCUT2D eigenvalue weighted by Crippen LogP contribution is 2.33. The van der Waals surface area contributed by atoms with Gasteiger partial charge in [0.25, 0.3) is 0 Å². The molecule has 1 atom stereocenters. The summed E-state index contributed by atoms with van der Waals surface area (Å²) in [7, 11) is 1.59. The molecule has 0 aliphatic carbocycles. The Labute approximate surface area is 89.1 Å². The molecule has 0 aromatic heterocycles. The van der Waals surface area contributed by atoms with Crippen molar-refractivity contribution < 1.29 is 4.74 Å². The summed E-state index contributed by atoms with van der Waals surface area (Å²) in [6.07, 6.45) is 0. The lowest BCUT2D eigenvalue weighted by Gasteiger charge is -2.14. The van der Waals surface area contributed by atoms with E-state index in [9.17, 15) is 0 Å². The van der Waals surface area contributed by atoms with Crippen molar-refractivity contribution in [1.29, 1.82) is 5.26 Å². The van der Waals surface area contributed by atoms with Crippen molar-refractivity contribution in [3.63, 3.8) is 0 Å². The Balaban J connectivity index is 3.37. The number of methoxy groups -OCH3 is 1. The predicted octanol–water partition coefficient (Wildman–Crippen LogP) is 3.28. The van der Waals surface area contributed by atoms with E-state index in [-0.39, 0.29) is 5.92 Å². The summed E-state index contributed by atoms with van der Waals surface area (Å²) in [5.74, 6) is 0.518. The van der Waals surface area contributed by atoms with Crippen LogP contribution in [0, 0.1) is 18.3 Å². The first-order chi connectivity index (χ1) is 6.61. The van der Waals surface area contributed by atoms with Crippen LogP contribution in [0.2, 0.25) is 5.02 Å². The quantitative estimate of drug-likeness (QED) is 0.749. The third kappa shape index (κ3) is 1.83. The largest absolute Gasteiger partial charge is 0.496 e. The Bertz CT molecular complexity index is 382. The van der Waals surface area contributed by atoms with Gasteiger partial charge in [0.1, 0.15) is 5.75 Å². The second kappa shape index (κ2) is 4.34. The van der Waals surface area contributed by atoms with Crippen LogP contribution in [0.1, 0.15) is 24.0 Å². The van der Waals surface area contributed by atoms with E-state index in [0.717, 1.165) is 16.9 Å². The summed E-state index contributed by atoms with van der Waals surface area (Å²) in [5.41, 5.74) is 1.79. The van der Waals surface area contributed by atoms with Crippen LogP contribution in [0.4, 0.5) is 0 Å². The minimum atomic E-state index is -0.205. The molecule has 0 aliphatic rings. The fraction of sp³-hybridized carbons (Fsp3) is 0.364. The molecular weight excluding hydrogens is 198 g/mol. The lowest BCUT2D eigenvalue weighted by molar-refractivity contribution is 0.408. The van der Waals surface area contributed by atoms with Crippen LogP contribution in [-0.4, -0.2) is 7.11 Å². The molecule has 74 valence electrons. The molecule has 1 aromatic rings. The molecule has 1 aromatic carbocycles. The molecule has 0 radical (unpaired) electrons. The molecule has 0 N–H and O–H groups in total. The maximum Gasteiger partial charge on any atom is 0.123 e. The van der Waals surface area contributed by atoms with E-state index in [0.29, 0.717) is 5.02 Å². The highest BCUT2D eigenvalue weighted by molar-refractivity contribution is 6.31. The van der Waals surface area contributed by atoms with Crippen LogP contribution in [0.3, 0.4) is 0 Å². The summed E-state index contributed by atoms with van der Waals surface area (Å²) < 4.78 is 5.19. The molecule has 0 amide bonds. The number of benzene rings is 1. The fourth-order valence-corrected chi connectivity index (χ4v) is 1.62. The lowest BCUT2D eigenvalue weighted by atomic mass is 9.96. The smallest absolute Gasteiger partial charge is 0.123 e. The SMILES string of the molecule is COc1ccc(Cl)c(C)c1C(C)C#N. The van der Waals surface area contributed by atoms with Crippen LogP contribution in [0.15, 0.2) is 12.1 Å². The average Bonchev–Trinajstić information content (AvgIpc) is 2.20. The van der Waals surface area contributed by atoms with Gasteiger partial charge in [-0.15, -0.1) is 0 Å². The van der Waals surface area contributed by atoms with E-state index >= 15 is 0 Å². The van der Waals surface area contributed by atoms with Crippen LogP contribution < -0.4 is 4.74 Å². The zero-order valence-electron chi connectivity index (χ0n) is 8.47. The number of ether oxygens (including phenoxy) is 1. The summed E-state index contributed by atoms with van der Waals surface area (Å²) in [5, 5.41) is 9.54. The Morgan fingerprint density at radius 3 is 2.64 bits per heavy atom. The van der Waals surface area contributed by atoms with E-state index in [2.05, 4.69) is 6.07 Å². The van der Waals surface area contributed by atoms with Crippen LogP contribution in [-0.2, 0) is 0 Å². The Morgan fingerprint density at radius 2 is 2.14 bits per heavy atom. The molecule has 0 bridgehead atoms. The minimum Gasteiger partial charge on any atom is -0.496 e. The Morgan fingerprint density at radius 1 is 1.50 bits per heavy atom. The predicted molar refractivity (Wildman–Crippen MR) is 56.8 cm³/mol.